The number of ether oxygens (including phenoxy) is 2. The first-order valence-corrected chi connectivity index (χ1v) is 6.29. The Labute approximate surface area is 114 Å². The fourth-order valence-electron chi connectivity index (χ4n) is 1.61. The third-order valence-electron chi connectivity index (χ3n) is 2.36. The molecule has 19 heavy (non-hydrogen) atoms. The van der Waals surface area contributed by atoms with Gasteiger partial charge in [-0.25, -0.2) is 0 Å². The molecule has 0 unspecified atom stereocenters. The quantitative estimate of drug-likeness (QED) is 0.858. The van der Waals surface area contributed by atoms with Gasteiger partial charge in [0.2, 0.25) is 0 Å². The fourth-order valence-corrected chi connectivity index (χ4v) is 1.61. The Morgan fingerprint density at radius 2 is 2.11 bits per heavy atom. The lowest BCUT2D eigenvalue weighted by atomic mass is 10.2. The van der Waals surface area contributed by atoms with Crippen molar-refractivity contribution < 1.29 is 14.3 Å². The zero-order valence-corrected chi connectivity index (χ0v) is 11.9. The van der Waals surface area contributed by atoms with Gasteiger partial charge in [-0.2, -0.15) is 0 Å². The van der Waals surface area contributed by atoms with E-state index in [0.717, 1.165) is 5.56 Å². The summed E-state index contributed by atoms with van der Waals surface area (Å²) >= 11 is 0. The lowest BCUT2D eigenvalue weighted by Gasteiger charge is -2.12. The molecule has 0 aliphatic heterocycles. The summed E-state index contributed by atoms with van der Waals surface area (Å²) in [7, 11) is 1.58. The molecule has 1 N–H and O–H groups in total. The number of allylic oxidation sites excluding steroid dienone is 1. The molecule has 0 aliphatic carbocycles. The zero-order chi connectivity index (χ0) is 14.3. The van der Waals surface area contributed by atoms with E-state index in [1.165, 1.54) is 0 Å². The zero-order valence-electron chi connectivity index (χ0n) is 11.9. The van der Waals surface area contributed by atoms with Crippen LogP contribution in [0.5, 0.6) is 11.5 Å². The van der Waals surface area contributed by atoms with Crippen molar-refractivity contribution >= 4 is 12.0 Å². The van der Waals surface area contributed by atoms with Gasteiger partial charge in [0.15, 0.2) is 18.1 Å². The SMILES string of the molecule is C/C=C/c1ccc(OCC(=O)NC(C)C)c(OC)c1. The Bertz CT molecular complexity index is 453. The van der Waals surface area contributed by atoms with Crippen molar-refractivity contribution in [2.45, 2.75) is 26.8 Å². The van der Waals surface area contributed by atoms with Crippen LogP contribution >= 0.6 is 0 Å². The number of carbonyl (C=O) groups excluding carboxylic acids is 1. The highest BCUT2D eigenvalue weighted by Crippen LogP contribution is 2.28. The van der Waals surface area contributed by atoms with Crippen LogP contribution in [0.1, 0.15) is 26.3 Å². The van der Waals surface area contributed by atoms with Crippen LogP contribution in [0.15, 0.2) is 24.3 Å². The molecule has 1 amide bonds. The molecule has 0 radical (unpaired) electrons. The van der Waals surface area contributed by atoms with Crippen molar-refractivity contribution in [3.63, 3.8) is 0 Å². The van der Waals surface area contributed by atoms with Crippen molar-refractivity contribution in [2.75, 3.05) is 13.7 Å². The Morgan fingerprint density at radius 3 is 2.68 bits per heavy atom. The number of amides is 1. The van der Waals surface area contributed by atoms with Crippen molar-refractivity contribution in [3.8, 4) is 11.5 Å². The molecular formula is C15H21NO3. The maximum Gasteiger partial charge on any atom is 0.258 e. The van der Waals surface area contributed by atoms with Gasteiger partial charge in [-0.05, 0) is 38.5 Å². The molecule has 1 aromatic rings. The predicted octanol–water partition coefficient (Wildman–Crippen LogP) is 2.63. The van der Waals surface area contributed by atoms with Gasteiger partial charge >= 0.3 is 0 Å². The van der Waals surface area contributed by atoms with Crippen LogP contribution in [-0.4, -0.2) is 25.7 Å². The van der Waals surface area contributed by atoms with E-state index in [9.17, 15) is 4.79 Å². The third kappa shape index (κ3) is 5.04. The summed E-state index contributed by atoms with van der Waals surface area (Å²) in [5, 5.41) is 2.77. The van der Waals surface area contributed by atoms with Gasteiger partial charge in [0.1, 0.15) is 0 Å². The number of nitrogens with one attached hydrogen (secondary N) is 1. The van der Waals surface area contributed by atoms with Crippen LogP contribution in [0.4, 0.5) is 0 Å². The first kappa shape index (κ1) is 15.1. The van der Waals surface area contributed by atoms with Gasteiger partial charge < -0.3 is 14.8 Å². The Morgan fingerprint density at radius 1 is 1.37 bits per heavy atom. The molecule has 0 bridgehead atoms. The lowest BCUT2D eigenvalue weighted by Crippen LogP contribution is -2.34. The van der Waals surface area contributed by atoms with Gasteiger partial charge in [0.25, 0.3) is 5.91 Å². The van der Waals surface area contributed by atoms with Gasteiger partial charge in [0.05, 0.1) is 7.11 Å². The molecule has 0 aromatic heterocycles. The highest BCUT2D eigenvalue weighted by atomic mass is 16.5. The summed E-state index contributed by atoms with van der Waals surface area (Å²) in [5.74, 6) is 1.04. The average Bonchev–Trinajstić information content (AvgIpc) is 2.36. The minimum absolute atomic E-state index is 0.0164. The van der Waals surface area contributed by atoms with Gasteiger partial charge in [-0.1, -0.05) is 18.2 Å². The van der Waals surface area contributed by atoms with Crippen LogP contribution in [0, 0.1) is 0 Å². The van der Waals surface area contributed by atoms with Gasteiger partial charge in [0, 0.05) is 6.04 Å². The predicted molar refractivity (Wildman–Crippen MR) is 76.5 cm³/mol. The Hall–Kier alpha value is -1.97. The molecule has 0 aliphatic rings. The number of hydrogen-bond donors (Lipinski definition) is 1. The number of hydrogen-bond acceptors (Lipinski definition) is 3. The lowest BCUT2D eigenvalue weighted by molar-refractivity contribution is -0.123. The Balaban J connectivity index is 2.70. The van der Waals surface area contributed by atoms with E-state index in [-0.39, 0.29) is 18.6 Å². The smallest absolute Gasteiger partial charge is 0.258 e. The maximum atomic E-state index is 11.5. The first-order valence-electron chi connectivity index (χ1n) is 6.29. The van der Waals surface area contributed by atoms with E-state index in [1.807, 2.05) is 45.1 Å². The molecule has 0 heterocycles. The Kier molecular flexibility index (Phi) is 5.93. The number of methoxy groups -OCH3 is 1. The summed E-state index contributed by atoms with van der Waals surface area (Å²) in [4.78, 5) is 11.5. The van der Waals surface area contributed by atoms with E-state index < -0.39 is 0 Å². The van der Waals surface area contributed by atoms with Crippen LogP contribution in [0.3, 0.4) is 0 Å². The molecule has 4 heteroatoms. The first-order chi connectivity index (χ1) is 9.06. The fraction of sp³-hybridized carbons (Fsp3) is 0.400. The molecule has 0 atom stereocenters. The molecule has 0 spiro atoms. The van der Waals surface area contributed by atoms with Crippen LogP contribution in [0.25, 0.3) is 6.08 Å². The van der Waals surface area contributed by atoms with Crippen molar-refractivity contribution in [1.82, 2.24) is 5.32 Å². The molecule has 4 nitrogen and oxygen atoms in total. The second-order valence-corrected chi connectivity index (χ2v) is 4.42. The average molecular weight is 263 g/mol. The van der Waals surface area contributed by atoms with E-state index in [1.54, 1.807) is 13.2 Å². The maximum absolute atomic E-state index is 11.5. The second-order valence-electron chi connectivity index (χ2n) is 4.42. The number of carbonyl (C=O) groups is 1. The summed E-state index contributed by atoms with van der Waals surface area (Å²) in [6.45, 7) is 5.75. The monoisotopic (exact) mass is 263 g/mol. The topological polar surface area (TPSA) is 47.6 Å². The van der Waals surface area contributed by atoms with Crippen molar-refractivity contribution in [2.24, 2.45) is 0 Å². The third-order valence-corrected chi connectivity index (χ3v) is 2.36. The van der Waals surface area contributed by atoms with Crippen LogP contribution < -0.4 is 14.8 Å². The van der Waals surface area contributed by atoms with Crippen molar-refractivity contribution in [3.05, 3.63) is 29.8 Å². The largest absolute Gasteiger partial charge is 0.493 e. The van der Waals surface area contributed by atoms with E-state index in [2.05, 4.69) is 5.32 Å². The molecule has 1 rings (SSSR count). The van der Waals surface area contributed by atoms with E-state index >= 15 is 0 Å². The molecule has 0 fully saturated rings. The minimum atomic E-state index is -0.144. The van der Waals surface area contributed by atoms with E-state index in [0.29, 0.717) is 11.5 Å². The number of benzene rings is 1. The molecule has 104 valence electrons. The minimum Gasteiger partial charge on any atom is -0.493 e. The van der Waals surface area contributed by atoms with E-state index in [4.69, 9.17) is 9.47 Å². The summed E-state index contributed by atoms with van der Waals surface area (Å²) < 4.78 is 10.7. The number of rotatable bonds is 6. The molecular weight excluding hydrogens is 242 g/mol. The van der Waals surface area contributed by atoms with Gasteiger partial charge in [-0.3, -0.25) is 4.79 Å². The normalized spacial score (nSPS) is 10.8. The standard InChI is InChI=1S/C15H21NO3/c1-5-6-12-7-8-13(14(9-12)18-4)19-10-15(17)16-11(2)3/h5-9,11H,10H2,1-4H3,(H,16,17)/b6-5+. The molecule has 0 saturated carbocycles. The van der Waals surface area contributed by atoms with Crippen molar-refractivity contribution in [1.29, 1.82) is 0 Å². The van der Waals surface area contributed by atoms with Crippen LogP contribution in [-0.2, 0) is 4.79 Å². The molecule has 1 aromatic carbocycles. The van der Waals surface area contributed by atoms with Crippen LogP contribution in [0.2, 0.25) is 0 Å². The van der Waals surface area contributed by atoms with Gasteiger partial charge in [-0.15, -0.1) is 0 Å². The summed E-state index contributed by atoms with van der Waals surface area (Å²) in [5.41, 5.74) is 1.03. The second kappa shape index (κ2) is 7.46. The summed E-state index contributed by atoms with van der Waals surface area (Å²) in [6, 6.07) is 5.69. The highest BCUT2D eigenvalue weighted by molar-refractivity contribution is 5.77. The highest BCUT2D eigenvalue weighted by Gasteiger charge is 2.08. The molecule has 0 saturated heterocycles. The summed E-state index contributed by atoms with van der Waals surface area (Å²) in [6.07, 6.45) is 3.92.